The number of carbonyl (C=O) groups excluding carboxylic acids is 6. The maximum atomic E-state index is 15.2. The lowest BCUT2D eigenvalue weighted by Crippen LogP contribution is -2.33. The molecule has 103 heavy (non-hydrogen) atoms. The number of hydroxylamine groups is 3. The third kappa shape index (κ3) is 16.3. The number of benzene rings is 6. The van der Waals surface area contributed by atoms with Crippen molar-refractivity contribution in [3.05, 3.63) is 231 Å². The van der Waals surface area contributed by atoms with Gasteiger partial charge < -0.3 is 29.4 Å². The Bertz CT molecular complexity index is 4900. The van der Waals surface area contributed by atoms with E-state index in [0.29, 0.717) is 34.9 Å². The van der Waals surface area contributed by atoms with Gasteiger partial charge in [0.05, 0.1) is 74.5 Å². The minimum absolute atomic E-state index is 0.0601. The van der Waals surface area contributed by atoms with Crippen LogP contribution in [0.25, 0.3) is 44.0 Å². The summed E-state index contributed by atoms with van der Waals surface area (Å²) in [5.74, 6) is -6.15. The molecule has 3 aliphatic carbocycles. The highest BCUT2D eigenvalue weighted by Gasteiger charge is 2.66. The summed E-state index contributed by atoms with van der Waals surface area (Å²) < 4.78 is 57.9. The van der Waals surface area contributed by atoms with Crippen LogP contribution >= 0.6 is 11.6 Å². The molecule has 3 fully saturated rings. The smallest absolute Gasteiger partial charge is 0.313 e. The minimum Gasteiger partial charge on any atom is -0.487 e. The van der Waals surface area contributed by atoms with Crippen molar-refractivity contribution >= 4 is 79.9 Å². The third-order valence-corrected chi connectivity index (χ3v) is 19.2. The zero-order valence-corrected chi connectivity index (χ0v) is 57.7. The van der Waals surface area contributed by atoms with E-state index in [-0.39, 0.29) is 70.0 Å². The number of para-hydroxylation sites is 2. The minimum atomic E-state index is -1.13. The number of nitrogens with one attached hydrogen (secondary N) is 3. The van der Waals surface area contributed by atoms with Crippen LogP contribution in [0.15, 0.2) is 164 Å². The Morgan fingerprint density at radius 1 is 0.515 bits per heavy atom. The molecule has 0 bridgehead atoms. The van der Waals surface area contributed by atoms with Crippen LogP contribution in [0.3, 0.4) is 0 Å². The fourth-order valence-corrected chi connectivity index (χ4v) is 13.6. The Morgan fingerprint density at radius 2 is 0.951 bits per heavy atom. The van der Waals surface area contributed by atoms with Gasteiger partial charge in [-0.1, -0.05) is 77.8 Å². The van der Waals surface area contributed by atoms with Crippen molar-refractivity contribution in [2.24, 2.45) is 39.7 Å². The Balaban J connectivity index is 0.000000156. The molecule has 8 N–H and O–H groups in total. The molecule has 4 amide bonds. The summed E-state index contributed by atoms with van der Waals surface area (Å²) in [4.78, 5) is 90.7. The van der Waals surface area contributed by atoms with E-state index in [0.717, 1.165) is 83.2 Å². The van der Waals surface area contributed by atoms with Gasteiger partial charge in [0.15, 0.2) is 23.1 Å². The molecule has 10 aromatic rings. The molecular formula is C78H75ClF2N8O14. The number of fused-ring (bicyclic) bond motifs is 3. The Labute approximate surface area is 595 Å². The first-order valence-corrected chi connectivity index (χ1v) is 33.6. The molecule has 4 aromatic heterocycles. The summed E-state index contributed by atoms with van der Waals surface area (Å²) in [6.07, 6.45) is 4.65. The third-order valence-electron chi connectivity index (χ3n) is 18.9. The number of ether oxygens (including phenoxy) is 5. The highest BCUT2D eigenvalue weighted by Crippen LogP contribution is 2.58. The topological polar surface area (TPSA) is 323 Å². The van der Waals surface area contributed by atoms with Crippen molar-refractivity contribution in [1.82, 2.24) is 36.4 Å². The zero-order chi connectivity index (χ0) is 73.3. The standard InChI is InChI=1S/C30H28FN3O5.C25H25FN2O5.C23H22ClN3O4/c1-3-38-29(36)30(15-23(30)28(35)34-37)14-19-7-9-27(24(31)12-19)39-17-21-13-26(20-5-4-10-32-16-20)33-25-8-6-18(2)11-22(21)25;1-3-32-24(30)25(13-19(25)23(29)28-31)12-16-8-9-22(20(26)11-16)33-14-17-10-15(2)27-21-7-5-4-6-18(17)21;1-13-8-15(16-4-2-3-5-19(16)26-13)12-31-20-7-6-14(9-18(20)24)10-23(22(25)29)11-17(23)21(28)27-30/h4-13,16,23,37H,3,14-15,17H2,1-2H3,(H,34,35);4-11,19,31H,3,12-14H2,1-2H3,(H,28,29);2-9,17,30H,10-12H2,1H3,(H2,25,29)(H,27,28)/t23-,30+;19-,25+;17-,23+/m111/s1. The van der Waals surface area contributed by atoms with Gasteiger partial charge in [0, 0.05) is 62.2 Å². The van der Waals surface area contributed by atoms with E-state index < -0.39 is 81.2 Å². The number of halogens is 3. The molecule has 13 rings (SSSR count). The van der Waals surface area contributed by atoms with Crippen molar-refractivity contribution < 1.29 is 76.9 Å². The number of nitrogens with two attached hydrogens (primary N) is 1. The van der Waals surface area contributed by atoms with Crippen LogP contribution in [0.2, 0.25) is 5.02 Å². The van der Waals surface area contributed by atoms with Crippen LogP contribution < -0.4 is 36.4 Å². The molecule has 3 aliphatic rings. The molecule has 4 heterocycles. The van der Waals surface area contributed by atoms with Gasteiger partial charge in [-0.25, -0.2) is 30.2 Å². The van der Waals surface area contributed by atoms with E-state index in [1.54, 1.807) is 73.0 Å². The van der Waals surface area contributed by atoms with E-state index in [4.69, 9.17) is 61.6 Å². The van der Waals surface area contributed by atoms with Crippen LogP contribution in [-0.2, 0) is 77.3 Å². The largest absolute Gasteiger partial charge is 0.487 e. The maximum Gasteiger partial charge on any atom is 0.313 e. The fraction of sp³-hybridized carbons (Fsp3) is 0.282. The maximum absolute atomic E-state index is 15.2. The van der Waals surface area contributed by atoms with E-state index in [9.17, 15) is 33.2 Å². The summed E-state index contributed by atoms with van der Waals surface area (Å²) >= 11 is 6.43. The SMILES string of the molecule is CCOC(=O)[C@@]1(Cc2ccc(OCc3cc(-c4cccnc4)nc4ccc(C)cc34)c(F)c2)C[C@@H]1C(=O)NO.CCOC(=O)[C@@]1(Cc2ccc(OCc3cc(C)nc4ccccc34)c(F)c2)C[C@@H]1C(=O)NO.Cc1cc(COc2ccc(C[C@]3(C(N)=O)C[C@@H]3C(=O)NO)cc2Cl)c2ccccc2n1. The molecule has 0 aliphatic heterocycles. The molecule has 22 nitrogen and oxygen atoms in total. The average molecular weight is 1420 g/mol. The second-order valence-corrected chi connectivity index (χ2v) is 26.4. The summed E-state index contributed by atoms with van der Waals surface area (Å²) in [6, 6.07) is 45.4. The number of esters is 2. The van der Waals surface area contributed by atoms with Crippen molar-refractivity contribution in [2.45, 2.75) is 93.0 Å². The summed E-state index contributed by atoms with van der Waals surface area (Å²) in [5, 5.41) is 30.1. The first-order chi connectivity index (χ1) is 49.5. The number of amides is 4. The molecule has 25 heteroatoms. The van der Waals surface area contributed by atoms with Crippen LogP contribution in [0.5, 0.6) is 17.2 Å². The number of pyridine rings is 4. The normalized spacial score (nSPS) is 18.9. The summed E-state index contributed by atoms with van der Waals surface area (Å²) in [6.45, 7) is 10.1. The average Bonchev–Trinajstić information content (AvgIpc) is 1.58. The van der Waals surface area contributed by atoms with Crippen molar-refractivity contribution in [2.75, 3.05) is 13.2 Å². The first kappa shape index (κ1) is 73.2. The predicted molar refractivity (Wildman–Crippen MR) is 375 cm³/mol. The Morgan fingerprint density at radius 3 is 1.41 bits per heavy atom. The van der Waals surface area contributed by atoms with Crippen molar-refractivity contribution in [3.8, 4) is 28.5 Å². The highest BCUT2D eigenvalue weighted by atomic mass is 35.5. The zero-order valence-electron chi connectivity index (χ0n) is 56.9. The molecule has 0 spiro atoms. The van der Waals surface area contributed by atoms with Crippen LogP contribution in [0, 0.1) is 66.4 Å². The van der Waals surface area contributed by atoms with E-state index in [1.165, 1.54) is 24.3 Å². The molecular weight excluding hydrogens is 1350 g/mol. The molecule has 0 saturated heterocycles. The summed E-state index contributed by atoms with van der Waals surface area (Å²) in [7, 11) is 0. The van der Waals surface area contributed by atoms with Crippen molar-refractivity contribution in [1.29, 1.82) is 0 Å². The van der Waals surface area contributed by atoms with E-state index in [2.05, 4.69) is 15.0 Å². The summed E-state index contributed by atoms with van der Waals surface area (Å²) in [5.41, 5.74) is 18.6. The molecule has 532 valence electrons. The molecule has 0 radical (unpaired) electrons. The first-order valence-electron chi connectivity index (χ1n) is 33.3. The lowest BCUT2D eigenvalue weighted by Gasteiger charge is -2.17. The van der Waals surface area contributed by atoms with Gasteiger partial charge in [0.25, 0.3) is 0 Å². The molecule has 3 saturated carbocycles. The van der Waals surface area contributed by atoms with Gasteiger partial charge >= 0.3 is 11.9 Å². The molecule has 6 atom stereocenters. The predicted octanol–water partition coefficient (Wildman–Crippen LogP) is 12.1. The van der Waals surface area contributed by atoms with E-state index >= 15 is 4.39 Å². The second kappa shape index (κ2) is 31.5. The highest BCUT2D eigenvalue weighted by molar-refractivity contribution is 6.32. The second-order valence-electron chi connectivity index (χ2n) is 26.0. The fourth-order valence-electron chi connectivity index (χ4n) is 13.4. The van der Waals surface area contributed by atoms with Gasteiger partial charge in [-0.2, -0.15) is 0 Å². The number of nitrogens with zero attached hydrogens (tertiary/aromatic N) is 4. The number of rotatable bonds is 24. The Hall–Kier alpha value is -11.1. The van der Waals surface area contributed by atoms with Crippen LogP contribution in [-0.4, -0.2) is 84.3 Å². The number of hydrogen-bond donors (Lipinski definition) is 7. The number of hydrogen-bond acceptors (Lipinski definition) is 18. The van der Waals surface area contributed by atoms with Gasteiger partial charge in [0.1, 0.15) is 25.6 Å². The van der Waals surface area contributed by atoms with Gasteiger partial charge in [-0.15, -0.1) is 0 Å². The Kier molecular flexibility index (Phi) is 22.3. The van der Waals surface area contributed by atoms with Gasteiger partial charge in [-0.05, 0) is 181 Å². The van der Waals surface area contributed by atoms with Crippen molar-refractivity contribution in [3.63, 3.8) is 0 Å². The van der Waals surface area contributed by atoms with Crippen LogP contribution in [0.1, 0.15) is 83.4 Å². The van der Waals surface area contributed by atoms with E-state index in [1.807, 2.05) is 118 Å². The van der Waals surface area contributed by atoms with Gasteiger partial charge in [-0.3, -0.25) is 59.3 Å². The monoisotopic (exact) mass is 1420 g/mol. The number of primary amides is 1. The lowest BCUT2D eigenvalue weighted by molar-refractivity contribution is -0.152. The number of carbonyl (C=O) groups is 6. The van der Waals surface area contributed by atoms with Gasteiger partial charge in [0.2, 0.25) is 23.6 Å². The number of aromatic nitrogens is 4. The van der Waals surface area contributed by atoms with Crippen LogP contribution in [0.4, 0.5) is 8.78 Å². The number of aryl methyl sites for hydroxylation is 3. The lowest BCUT2D eigenvalue weighted by atomic mass is 9.93. The molecule has 0 unspecified atom stereocenters. The molecule has 6 aromatic carbocycles. The quantitative estimate of drug-likeness (QED) is 0.0168.